The van der Waals surface area contributed by atoms with Crippen molar-refractivity contribution in [2.45, 2.75) is 26.9 Å². The van der Waals surface area contributed by atoms with E-state index in [1.165, 1.54) is 4.88 Å². The van der Waals surface area contributed by atoms with Crippen LogP contribution in [0.25, 0.3) is 0 Å². The van der Waals surface area contributed by atoms with Crippen LogP contribution in [0.2, 0.25) is 0 Å². The number of para-hydroxylation sites is 1. The first-order chi connectivity index (χ1) is 11.2. The summed E-state index contributed by atoms with van der Waals surface area (Å²) in [5.74, 6) is 0.946. The van der Waals surface area contributed by atoms with Crippen molar-refractivity contribution < 1.29 is 9.53 Å². The van der Waals surface area contributed by atoms with Gasteiger partial charge in [-0.15, -0.1) is 11.3 Å². The number of ether oxygens (including phenoxy) is 1. The maximum Gasteiger partial charge on any atom is 0.234 e. The summed E-state index contributed by atoms with van der Waals surface area (Å²) in [6, 6.07) is 12.0. The maximum absolute atomic E-state index is 12.1. The highest BCUT2D eigenvalue weighted by molar-refractivity contribution is 7.09. The second-order valence-electron chi connectivity index (χ2n) is 5.20. The lowest BCUT2D eigenvalue weighted by Crippen LogP contribution is -2.36. The van der Waals surface area contributed by atoms with Gasteiger partial charge < -0.3 is 10.1 Å². The number of amides is 1. The molecule has 1 aromatic carbocycles. The quantitative estimate of drug-likeness (QED) is 0.766. The molecule has 0 bridgehead atoms. The summed E-state index contributed by atoms with van der Waals surface area (Å²) in [5.41, 5.74) is 1.11. The third-order valence-corrected chi connectivity index (χ3v) is 4.40. The molecule has 1 aromatic heterocycles. The van der Waals surface area contributed by atoms with Gasteiger partial charge in [0, 0.05) is 17.0 Å². The molecule has 0 aliphatic carbocycles. The zero-order valence-corrected chi connectivity index (χ0v) is 14.6. The van der Waals surface area contributed by atoms with E-state index < -0.39 is 0 Å². The van der Waals surface area contributed by atoms with Crippen LogP contribution in [-0.2, 0) is 17.9 Å². The number of benzene rings is 1. The molecule has 2 rings (SSSR count). The summed E-state index contributed by atoms with van der Waals surface area (Å²) >= 11 is 1.65. The van der Waals surface area contributed by atoms with Crippen molar-refractivity contribution in [3.05, 3.63) is 52.2 Å². The molecule has 0 spiro atoms. The van der Waals surface area contributed by atoms with E-state index in [0.717, 1.165) is 17.9 Å². The Morgan fingerprint density at radius 2 is 2.04 bits per heavy atom. The molecule has 0 saturated heterocycles. The number of hydrogen-bond donors (Lipinski definition) is 1. The van der Waals surface area contributed by atoms with E-state index >= 15 is 0 Å². The molecule has 1 N–H and O–H groups in total. The fourth-order valence-corrected chi connectivity index (χ4v) is 2.95. The van der Waals surface area contributed by atoms with Crippen LogP contribution in [0, 0.1) is 0 Å². The van der Waals surface area contributed by atoms with E-state index in [1.54, 1.807) is 11.3 Å². The molecule has 1 heterocycles. The minimum atomic E-state index is 0.0501. The van der Waals surface area contributed by atoms with Crippen LogP contribution < -0.4 is 10.1 Å². The van der Waals surface area contributed by atoms with Crippen molar-refractivity contribution in [3.8, 4) is 5.75 Å². The lowest BCUT2D eigenvalue weighted by atomic mass is 10.2. The van der Waals surface area contributed by atoms with Gasteiger partial charge in [-0.1, -0.05) is 31.2 Å². The first-order valence-electron chi connectivity index (χ1n) is 7.95. The third kappa shape index (κ3) is 5.69. The van der Waals surface area contributed by atoms with Gasteiger partial charge in [0.1, 0.15) is 5.75 Å². The first-order valence-corrected chi connectivity index (χ1v) is 8.83. The van der Waals surface area contributed by atoms with E-state index in [-0.39, 0.29) is 5.91 Å². The first kappa shape index (κ1) is 17.5. The number of likely N-dealkylation sites (N-methyl/N-ethyl adjacent to an activating group) is 1. The zero-order valence-electron chi connectivity index (χ0n) is 13.7. The maximum atomic E-state index is 12.1. The molecule has 1 amide bonds. The van der Waals surface area contributed by atoms with Crippen molar-refractivity contribution >= 4 is 17.2 Å². The molecule has 0 unspecified atom stereocenters. The molecular formula is C18H24N2O2S. The lowest BCUT2D eigenvalue weighted by molar-refractivity contribution is -0.122. The molecule has 5 heteroatoms. The Morgan fingerprint density at radius 3 is 2.74 bits per heavy atom. The minimum absolute atomic E-state index is 0.0501. The molecule has 0 saturated carbocycles. The highest BCUT2D eigenvalue weighted by atomic mass is 32.1. The SMILES string of the molecule is CCOc1ccccc1CN(CC)CC(=O)NCc1cccs1. The van der Waals surface area contributed by atoms with Gasteiger partial charge in [0.2, 0.25) is 5.91 Å². The number of hydrogen-bond acceptors (Lipinski definition) is 4. The second kappa shape index (κ2) is 9.33. The summed E-state index contributed by atoms with van der Waals surface area (Å²) in [5, 5.41) is 4.99. The molecule has 0 fully saturated rings. The van der Waals surface area contributed by atoms with Crippen LogP contribution in [-0.4, -0.2) is 30.5 Å². The van der Waals surface area contributed by atoms with E-state index in [9.17, 15) is 4.79 Å². The minimum Gasteiger partial charge on any atom is -0.494 e. The Morgan fingerprint density at radius 1 is 1.22 bits per heavy atom. The number of nitrogens with one attached hydrogen (secondary N) is 1. The van der Waals surface area contributed by atoms with Gasteiger partial charge in [-0.25, -0.2) is 0 Å². The van der Waals surface area contributed by atoms with E-state index in [0.29, 0.717) is 26.2 Å². The summed E-state index contributed by atoms with van der Waals surface area (Å²) in [4.78, 5) is 15.4. The van der Waals surface area contributed by atoms with Crippen LogP contribution in [0.15, 0.2) is 41.8 Å². The smallest absolute Gasteiger partial charge is 0.234 e. The van der Waals surface area contributed by atoms with Gasteiger partial charge >= 0.3 is 0 Å². The number of thiophene rings is 1. The summed E-state index contributed by atoms with van der Waals surface area (Å²) in [7, 11) is 0. The van der Waals surface area contributed by atoms with E-state index in [2.05, 4.69) is 23.2 Å². The second-order valence-corrected chi connectivity index (χ2v) is 6.23. The van der Waals surface area contributed by atoms with E-state index in [4.69, 9.17) is 4.74 Å². The van der Waals surface area contributed by atoms with Gasteiger partial charge in [0.15, 0.2) is 0 Å². The fourth-order valence-electron chi connectivity index (χ4n) is 2.31. The van der Waals surface area contributed by atoms with E-state index in [1.807, 2.05) is 42.6 Å². The van der Waals surface area contributed by atoms with Crippen LogP contribution >= 0.6 is 11.3 Å². The molecule has 4 nitrogen and oxygen atoms in total. The molecule has 0 aliphatic heterocycles. The highest BCUT2D eigenvalue weighted by Gasteiger charge is 2.12. The van der Waals surface area contributed by atoms with Crippen LogP contribution in [0.5, 0.6) is 5.75 Å². The topological polar surface area (TPSA) is 41.6 Å². The predicted octanol–water partition coefficient (Wildman–Crippen LogP) is 3.29. The Hall–Kier alpha value is -1.85. The molecular weight excluding hydrogens is 308 g/mol. The van der Waals surface area contributed by atoms with Gasteiger partial charge in [-0.2, -0.15) is 0 Å². The number of rotatable bonds is 9. The number of nitrogens with zero attached hydrogens (tertiary/aromatic N) is 1. The summed E-state index contributed by atoms with van der Waals surface area (Å²) in [6.07, 6.45) is 0. The Kier molecular flexibility index (Phi) is 7.10. The van der Waals surface area contributed by atoms with Crippen molar-refractivity contribution in [2.24, 2.45) is 0 Å². The largest absolute Gasteiger partial charge is 0.494 e. The molecule has 0 radical (unpaired) electrons. The average molecular weight is 332 g/mol. The van der Waals surface area contributed by atoms with Crippen LogP contribution in [0.3, 0.4) is 0 Å². The average Bonchev–Trinajstić information content (AvgIpc) is 3.08. The number of carbonyl (C=O) groups excluding carboxylic acids is 1. The Labute approximate surface area is 142 Å². The molecule has 0 aliphatic rings. The summed E-state index contributed by atoms with van der Waals surface area (Å²) < 4.78 is 5.66. The van der Waals surface area contributed by atoms with Crippen LogP contribution in [0.1, 0.15) is 24.3 Å². The van der Waals surface area contributed by atoms with Crippen molar-refractivity contribution in [3.63, 3.8) is 0 Å². The van der Waals surface area contributed by atoms with Gasteiger partial charge in [0.25, 0.3) is 0 Å². The van der Waals surface area contributed by atoms with Gasteiger partial charge in [0.05, 0.1) is 19.7 Å². The molecule has 0 atom stereocenters. The molecule has 124 valence electrons. The van der Waals surface area contributed by atoms with Gasteiger partial charge in [-0.05, 0) is 31.0 Å². The standard InChI is InChI=1S/C18H24N2O2S/c1-3-20(13-15-8-5-6-10-17(15)22-4-2)14-18(21)19-12-16-9-7-11-23-16/h5-11H,3-4,12-14H2,1-2H3,(H,19,21). The Balaban J connectivity index is 1.88. The Bertz CT molecular complexity index is 599. The normalized spacial score (nSPS) is 10.7. The summed E-state index contributed by atoms with van der Waals surface area (Å²) in [6.45, 7) is 7.20. The van der Waals surface area contributed by atoms with Crippen LogP contribution in [0.4, 0.5) is 0 Å². The van der Waals surface area contributed by atoms with Crippen molar-refractivity contribution in [1.82, 2.24) is 10.2 Å². The number of carbonyl (C=O) groups is 1. The zero-order chi connectivity index (χ0) is 16.5. The van der Waals surface area contributed by atoms with Crippen molar-refractivity contribution in [1.29, 1.82) is 0 Å². The van der Waals surface area contributed by atoms with Crippen molar-refractivity contribution in [2.75, 3.05) is 19.7 Å². The lowest BCUT2D eigenvalue weighted by Gasteiger charge is -2.21. The fraction of sp³-hybridized carbons (Fsp3) is 0.389. The predicted molar refractivity (Wildman–Crippen MR) is 94.7 cm³/mol. The van der Waals surface area contributed by atoms with Gasteiger partial charge in [-0.3, -0.25) is 9.69 Å². The third-order valence-electron chi connectivity index (χ3n) is 3.52. The highest BCUT2D eigenvalue weighted by Crippen LogP contribution is 2.19. The molecule has 2 aromatic rings. The monoisotopic (exact) mass is 332 g/mol. The molecule has 23 heavy (non-hydrogen) atoms.